The van der Waals surface area contributed by atoms with Crippen LogP contribution in [0, 0.1) is 27.4 Å². The number of nitro groups is 1. The molecule has 6 atom stereocenters. The molecular weight excluding hydrogens is 406 g/mol. The van der Waals surface area contributed by atoms with Gasteiger partial charge in [-0.15, -0.1) is 0 Å². The first kappa shape index (κ1) is 18.9. The molecular formula is C21H21N3O7. The van der Waals surface area contributed by atoms with E-state index >= 15 is 0 Å². The number of nitrogens with one attached hydrogen (secondary N) is 1. The number of hydrogen-bond donors (Lipinski definition) is 2. The number of hydrogen-bond acceptors (Lipinski definition) is 8. The van der Waals surface area contributed by atoms with E-state index in [-0.39, 0.29) is 36.0 Å². The number of fused-ring (bicyclic) bond motifs is 2. The van der Waals surface area contributed by atoms with Crippen molar-refractivity contribution in [3.8, 4) is 0 Å². The summed E-state index contributed by atoms with van der Waals surface area (Å²) in [6.45, 7) is 1.87. The zero-order valence-electron chi connectivity index (χ0n) is 16.6. The minimum atomic E-state index is -1.11. The van der Waals surface area contributed by atoms with Gasteiger partial charge in [0.2, 0.25) is 5.78 Å². The van der Waals surface area contributed by atoms with E-state index in [1.165, 1.54) is 11.6 Å². The number of carboxylic acid groups (broad SMARTS) is 1. The Hall–Kier alpha value is -2.85. The predicted molar refractivity (Wildman–Crippen MR) is 103 cm³/mol. The van der Waals surface area contributed by atoms with Crippen LogP contribution in [0.4, 0.5) is 0 Å². The summed E-state index contributed by atoms with van der Waals surface area (Å²) < 4.78 is 6.00. The number of carboxylic acids is 1. The number of piperidine rings is 1. The van der Waals surface area contributed by atoms with Gasteiger partial charge in [-0.1, -0.05) is 11.6 Å². The first-order valence-electron chi connectivity index (χ1n) is 10.6. The molecule has 10 nitrogen and oxygen atoms in total. The fraction of sp³-hybridized carbons (Fsp3) is 0.571. The molecule has 1 spiro atoms. The zero-order valence-corrected chi connectivity index (χ0v) is 16.6. The Morgan fingerprint density at radius 2 is 2.23 bits per heavy atom. The van der Waals surface area contributed by atoms with Gasteiger partial charge in [0.15, 0.2) is 0 Å². The highest BCUT2D eigenvalue weighted by atomic mass is 16.6. The summed E-state index contributed by atoms with van der Waals surface area (Å²) in [6, 6.07) is -0.271. The van der Waals surface area contributed by atoms with Crippen molar-refractivity contribution < 1.29 is 29.2 Å². The number of ether oxygens (including phenoxy) is 1. The number of carbonyl (C=O) groups excluding carboxylic acids is 2. The van der Waals surface area contributed by atoms with Gasteiger partial charge in [-0.25, -0.2) is 0 Å². The van der Waals surface area contributed by atoms with Crippen molar-refractivity contribution in [1.82, 2.24) is 10.2 Å². The Kier molecular flexibility index (Phi) is 3.72. The fourth-order valence-electron chi connectivity index (χ4n) is 7.23. The van der Waals surface area contributed by atoms with Crippen molar-refractivity contribution in [2.45, 2.75) is 37.5 Å². The minimum Gasteiger partial charge on any atom is -0.481 e. The monoisotopic (exact) mass is 427 g/mol. The lowest BCUT2D eigenvalue weighted by Crippen LogP contribution is -2.63. The molecule has 4 heterocycles. The number of rotatable bonds is 3. The molecule has 6 aliphatic rings. The van der Waals surface area contributed by atoms with E-state index in [2.05, 4.69) is 16.3 Å². The van der Waals surface area contributed by atoms with E-state index in [0.717, 1.165) is 19.5 Å². The third-order valence-electron chi connectivity index (χ3n) is 8.26. The third kappa shape index (κ3) is 2.26. The van der Waals surface area contributed by atoms with E-state index in [0.29, 0.717) is 18.6 Å². The van der Waals surface area contributed by atoms with Crippen LogP contribution < -0.4 is 5.32 Å². The van der Waals surface area contributed by atoms with E-state index < -0.39 is 39.7 Å². The Morgan fingerprint density at radius 1 is 1.42 bits per heavy atom. The average Bonchev–Trinajstić information content (AvgIpc) is 3.18. The molecule has 1 unspecified atom stereocenters. The molecule has 4 fully saturated rings. The second kappa shape index (κ2) is 6.10. The van der Waals surface area contributed by atoms with Gasteiger partial charge in [0.1, 0.15) is 5.70 Å². The van der Waals surface area contributed by atoms with Crippen LogP contribution in [-0.2, 0) is 19.1 Å². The molecule has 2 N–H and O–H groups in total. The molecule has 1 saturated carbocycles. The maximum atomic E-state index is 12.4. The van der Waals surface area contributed by atoms with Crippen LogP contribution in [0.25, 0.3) is 0 Å². The van der Waals surface area contributed by atoms with Crippen molar-refractivity contribution in [2.75, 3.05) is 19.7 Å². The Labute approximate surface area is 176 Å². The normalized spacial score (nSPS) is 40.5. The maximum absolute atomic E-state index is 12.4. The molecule has 3 saturated heterocycles. The quantitative estimate of drug-likeness (QED) is 0.210. The van der Waals surface area contributed by atoms with E-state index in [1.54, 1.807) is 0 Å². The molecule has 6 rings (SSSR count). The summed E-state index contributed by atoms with van der Waals surface area (Å²) in [5, 5.41) is 24.6. The highest BCUT2D eigenvalue weighted by Crippen LogP contribution is 2.64. The fourth-order valence-corrected chi connectivity index (χ4v) is 7.23. The van der Waals surface area contributed by atoms with Crippen molar-refractivity contribution in [2.24, 2.45) is 17.3 Å². The highest BCUT2D eigenvalue weighted by Gasteiger charge is 2.69. The zero-order chi connectivity index (χ0) is 21.7. The van der Waals surface area contributed by atoms with Gasteiger partial charge in [-0.2, -0.15) is 0 Å². The molecule has 0 amide bonds. The summed E-state index contributed by atoms with van der Waals surface area (Å²) in [5.41, 5.74) is 0.637. The van der Waals surface area contributed by atoms with E-state index in [9.17, 15) is 29.6 Å². The smallest absolute Gasteiger partial charge is 0.343 e. The first-order valence-corrected chi connectivity index (χ1v) is 10.6. The summed E-state index contributed by atoms with van der Waals surface area (Å²) in [6.07, 6.45) is 4.09. The minimum absolute atomic E-state index is 0.0738. The highest BCUT2D eigenvalue weighted by molar-refractivity contribution is 6.48. The molecule has 0 aromatic rings. The largest absolute Gasteiger partial charge is 0.481 e. The lowest BCUT2D eigenvalue weighted by Gasteiger charge is -2.55. The Bertz CT molecular complexity index is 1060. The van der Waals surface area contributed by atoms with Crippen molar-refractivity contribution in [3.63, 3.8) is 0 Å². The van der Waals surface area contributed by atoms with Crippen LogP contribution in [0.15, 0.2) is 34.7 Å². The summed E-state index contributed by atoms with van der Waals surface area (Å²) in [7, 11) is 0. The molecule has 4 aliphatic heterocycles. The maximum Gasteiger partial charge on any atom is 0.343 e. The number of aliphatic carboxylic acids is 1. The topological polar surface area (TPSA) is 139 Å². The molecule has 162 valence electrons. The predicted octanol–water partition coefficient (Wildman–Crippen LogP) is 0.0350. The lowest BCUT2D eigenvalue weighted by molar-refractivity contribution is -0.419. The second-order valence-corrected chi connectivity index (χ2v) is 9.30. The number of allylic oxidation sites excluding steroid dienone is 3. The van der Waals surface area contributed by atoms with Gasteiger partial charge < -0.3 is 15.2 Å². The van der Waals surface area contributed by atoms with Gasteiger partial charge in [0.05, 0.1) is 24.1 Å². The molecule has 10 heteroatoms. The van der Waals surface area contributed by atoms with Gasteiger partial charge in [-0.3, -0.25) is 29.4 Å². The van der Waals surface area contributed by atoms with Gasteiger partial charge >= 0.3 is 17.4 Å². The van der Waals surface area contributed by atoms with Crippen LogP contribution in [0.3, 0.4) is 0 Å². The number of Topliss-reactive ketones (excluding diaryl/α,β-unsaturated/α-hetero) is 1. The molecule has 0 aromatic heterocycles. The average molecular weight is 427 g/mol. The SMILES string of the molecule is O=C(O)C[C@@H]1OCC=C2CN3CC[C@]45C6=CC(=O)C(=O)C([N+](=O)[O-])=C6N[C@H]4C1[C@H]2C[C@H]35. The number of ketones is 2. The van der Waals surface area contributed by atoms with Crippen LogP contribution in [0.2, 0.25) is 0 Å². The van der Waals surface area contributed by atoms with Crippen LogP contribution in [0.5, 0.6) is 0 Å². The first-order chi connectivity index (χ1) is 14.8. The van der Waals surface area contributed by atoms with E-state index in [1.807, 2.05) is 0 Å². The van der Waals surface area contributed by atoms with Gasteiger partial charge in [-0.05, 0) is 37.0 Å². The molecule has 0 aromatic carbocycles. The van der Waals surface area contributed by atoms with E-state index in [4.69, 9.17) is 4.74 Å². The third-order valence-corrected chi connectivity index (χ3v) is 8.26. The molecule has 0 radical (unpaired) electrons. The number of nitrogens with zero attached hydrogens (tertiary/aromatic N) is 2. The van der Waals surface area contributed by atoms with Crippen molar-refractivity contribution in [1.29, 1.82) is 0 Å². The summed E-state index contributed by atoms with van der Waals surface area (Å²) >= 11 is 0. The van der Waals surface area contributed by atoms with Crippen LogP contribution >= 0.6 is 0 Å². The summed E-state index contributed by atoms with van der Waals surface area (Å²) in [5.74, 6) is -3.05. The summed E-state index contributed by atoms with van der Waals surface area (Å²) in [4.78, 5) is 49.8. The molecule has 31 heavy (non-hydrogen) atoms. The van der Waals surface area contributed by atoms with Gasteiger partial charge in [0, 0.05) is 30.0 Å². The standard InChI is InChI=1S/C21H21N3O7/c25-12-6-11-17(18(19(12)28)24(29)30)22-20-16-10-5-14-21(11,20)2-3-23(14)8-9(10)1-4-31-13(16)7-15(26)27/h1,6,10,13-14,16,20,22H,2-5,7-8H2,(H,26,27)/t10-,13-,14-,16?,20-,21+/m0/s1. The number of carbonyl (C=O) groups is 3. The van der Waals surface area contributed by atoms with Crippen LogP contribution in [-0.4, -0.2) is 70.3 Å². The Balaban J connectivity index is 1.57. The lowest BCUT2D eigenvalue weighted by atomic mass is 9.54. The van der Waals surface area contributed by atoms with Crippen molar-refractivity contribution >= 4 is 17.5 Å². The van der Waals surface area contributed by atoms with Crippen molar-refractivity contribution in [3.05, 3.63) is 44.8 Å². The molecule has 2 bridgehead atoms. The molecule has 2 aliphatic carbocycles. The van der Waals surface area contributed by atoms with Gasteiger partial charge in [0.25, 0.3) is 0 Å². The Morgan fingerprint density at radius 3 is 2.97 bits per heavy atom. The second-order valence-electron chi connectivity index (χ2n) is 9.30. The van der Waals surface area contributed by atoms with Crippen LogP contribution in [0.1, 0.15) is 19.3 Å².